The number of rotatable bonds is 8. The minimum Gasteiger partial charge on any atom is -0.463 e. The van der Waals surface area contributed by atoms with E-state index in [1.54, 1.807) is 6.20 Å². The average molecular weight is 425 g/mol. The highest BCUT2D eigenvalue weighted by Gasteiger charge is 2.11. The fourth-order valence-corrected chi connectivity index (χ4v) is 3.09. The van der Waals surface area contributed by atoms with Gasteiger partial charge in [-0.05, 0) is 51.0 Å². The van der Waals surface area contributed by atoms with Crippen LogP contribution >= 0.6 is 11.6 Å². The number of hydrogen-bond acceptors (Lipinski definition) is 8. The Morgan fingerprint density at radius 2 is 2.03 bits per heavy atom. The molecule has 8 nitrogen and oxygen atoms in total. The molecular formula is C21H21ClN6O2. The van der Waals surface area contributed by atoms with E-state index in [0.717, 1.165) is 40.8 Å². The van der Waals surface area contributed by atoms with Crippen molar-refractivity contribution < 1.29 is 9.26 Å². The van der Waals surface area contributed by atoms with E-state index in [9.17, 15) is 0 Å². The number of ether oxygens (including phenoxy) is 1. The first kappa shape index (κ1) is 20.0. The van der Waals surface area contributed by atoms with Gasteiger partial charge in [-0.1, -0.05) is 16.8 Å². The molecule has 0 saturated heterocycles. The molecule has 0 aromatic carbocycles. The molecule has 0 aliphatic rings. The maximum absolute atomic E-state index is 6.25. The van der Waals surface area contributed by atoms with Crippen molar-refractivity contribution in [1.82, 2.24) is 25.1 Å². The third-order valence-corrected chi connectivity index (χ3v) is 4.87. The minimum absolute atomic E-state index is 0.231. The van der Waals surface area contributed by atoms with Crippen LogP contribution in [0.3, 0.4) is 0 Å². The van der Waals surface area contributed by atoms with Gasteiger partial charge in [0, 0.05) is 28.9 Å². The SMILES string of the molecule is Cc1cc(CNc2nc(OCCCc3ccc4cccnc4n3)nc(Cl)c2C)on1. The van der Waals surface area contributed by atoms with Crippen LogP contribution in [0.25, 0.3) is 11.0 Å². The van der Waals surface area contributed by atoms with Crippen LogP contribution in [0.1, 0.15) is 29.1 Å². The monoisotopic (exact) mass is 424 g/mol. The van der Waals surface area contributed by atoms with E-state index < -0.39 is 0 Å². The van der Waals surface area contributed by atoms with Gasteiger partial charge < -0.3 is 14.6 Å². The average Bonchev–Trinajstić information content (AvgIpc) is 3.17. The van der Waals surface area contributed by atoms with Crippen molar-refractivity contribution in [2.45, 2.75) is 33.2 Å². The molecule has 4 heterocycles. The number of nitrogens with one attached hydrogen (secondary N) is 1. The highest BCUT2D eigenvalue weighted by atomic mass is 35.5. The number of halogens is 1. The van der Waals surface area contributed by atoms with Gasteiger partial charge in [0.1, 0.15) is 11.0 Å². The molecule has 0 amide bonds. The van der Waals surface area contributed by atoms with E-state index in [-0.39, 0.29) is 6.01 Å². The number of anilines is 1. The topological polar surface area (TPSA) is 98.9 Å². The first-order valence-corrected chi connectivity index (χ1v) is 10.00. The van der Waals surface area contributed by atoms with E-state index in [4.69, 9.17) is 20.9 Å². The van der Waals surface area contributed by atoms with E-state index in [2.05, 4.69) is 30.4 Å². The third-order valence-electron chi connectivity index (χ3n) is 4.50. The summed E-state index contributed by atoms with van der Waals surface area (Å²) in [5, 5.41) is 8.44. The number of aromatic nitrogens is 5. The summed E-state index contributed by atoms with van der Waals surface area (Å²) in [6, 6.07) is 10.0. The number of nitrogens with zero attached hydrogens (tertiary/aromatic N) is 5. The van der Waals surface area contributed by atoms with Gasteiger partial charge >= 0.3 is 6.01 Å². The number of hydrogen-bond donors (Lipinski definition) is 1. The summed E-state index contributed by atoms with van der Waals surface area (Å²) >= 11 is 6.25. The van der Waals surface area contributed by atoms with Crippen LogP contribution in [0, 0.1) is 13.8 Å². The second-order valence-electron chi connectivity index (χ2n) is 6.86. The fourth-order valence-electron chi connectivity index (χ4n) is 2.93. The molecule has 0 bridgehead atoms. The van der Waals surface area contributed by atoms with Gasteiger partial charge in [0.05, 0.1) is 18.8 Å². The maximum atomic E-state index is 6.25. The Hall–Kier alpha value is -3.26. The molecule has 1 N–H and O–H groups in total. The van der Waals surface area contributed by atoms with Gasteiger partial charge in [-0.15, -0.1) is 0 Å². The van der Waals surface area contributed by atoms with Crippen molar-refractivity contribution in [3.8, 4) is 6.01 Å². The van der Waals surface area contributed by atoms with Crippen LogP contribution in [0.5, 0.6) is 6.01 Å². The van der Waals surface area contributed by atoms with Crippen molar-refractivity contribution >= 4 is 28.5 Å². The first-order valence-electron chi connectivity index (χ1n) is 9.62. The zero-order chi connectivity index (χ0) is 20.9. The normalized spacial score (nSPS) is 11.0. The van der Waals surface area contributed by atoms with Crippen LogP contribution in [-0.4, -0.2) is 31.7 Å². The van der Waals surface area contributed by atoms with Crippen LogP contribution < -0.4 is 10.1 Å². The molecule has 0 unspecified atom stereocenters. The molecule has 0 atom stereocenters. The van der Waals surface area contributed by atoms with Crippen LogP contribution in [-0.2, 0) is 13.0 Å². The fraction of sp³-hybridized carbons (Fsp3) is 0.286. The summed E-state index contributed by atoms with van der Waals surface area (Å²) < 4.78 is 10.9. The Labute approximate surface area is 178 Å². The Morgan fingerprint density at radius 1 is 1.13 bits per heavy atom. The summed E-state index contributed by atoms with van der Waals surface area (Å²) in [5.74, 6) is 1.31. The standard InChI is InChI=1S/C21H21ClN6O2/c1-13-11-17(30-28-13)12-24-19-14(2)18(22)26-21(27-19)29-10-4-6-16-8-7-15-5-3-9-23-20(15)25-16/h3,5,7-9,11H,4,6,10,12H2,1-2H3,(H,24,26,27). The third kappa shape index (κ3) is 4.83. The predicted molar refractivity (Wildman–Crippen MR) is 114 cm³/mol. The molecule has 4 aromatic rings. The smallest absolute Gasteiger partial charge is 0.319 e. The van der Waals surface area contributed by atoms with Crippen molar-refractivity contribution in [2.75, 3.05) is 11.9 Å². The lowest BCUT2D eigenvalue weighted by Crippen LogP contribution is -2.08. The molecule has 0 fully saturated rings. The van der Waals surface area contributed by atoms with Crippen molar-refractivity contribution in [3.63, 3.8) is 0 Å². The van der Waals surface area contributed by atoms with E-state index in [1.807, 2.05) is 44.2 Å². The first-order chi connectivity index (χ1) is 14.6. The van der Waals surface area contributed by atoms with Gasteiger partial charge in [0.25, 0.3) is 0 Å². The van der Waals surface area contributed by atoms with E-state index in [0.29, 0.717) is 29.9 Å². The molecule has 154 valence electrons. The highest BCUT2D eigenvalue weighted by molar-refractivity contribution is 6.30. The van der Waals surface area contributed by atoms with Gasteiger partial charge in [-0.2, -0.15) is 9.97 Å². The summed E-state index contributed by atoms with van der Waals surface area (Å²) in [6.45, 7) is 4.60. The largest absolute Gasteiger partial charge is 0.463 e. The molecule has 0 saturated carbocycles. The van der Waals surface area contributed by atoms with Crippen molar-refractivity contribution in [3.05, 3.63) is 64.4 Å². The number of pyridine rings is 2. The molecule has 0 radical (unpaired) electrons. The molecule has 30 heavy (non-hydrogen) atoms. The predicted octanol–water partition coefficient (Wildman–Crippen LogP) is 4.30. The van der Waals surface area contributed by atoms with Gasteiger partial charge in [-0.25, -0.2) is 9.97 Å². The molecule has 0 aliphatic carbocycles. The maximum Gasteiger partial charge on any atom is 0.319 e. The second-order valence-corrected chi connectivity index (χ2v) is 7.22. The lowest BCUT2D eigenvalue weighted by atomic mass is 10.2. The van der Waals surface area contributed by atoms with Gasteiger partial charge in [-0.3, -0.25) is 0 Å². The van der Waals surface area contributed by atoms with Crippen molar-refractivity contribution in [2.24, 2.45) is 0 Å². The molecule has 0 aliphatic heterocycles. The molecular weight excluding hydrogens is 404 g/mol. The van der Waals surface area contributed by atoms with Gasteiger partial charge in [0.2, 0.25) is 0 Å². The van der Waals surface area contributed by atoms with Crippen LogP contribution in [0.4, 0.5) is 5.82 Å². The lowest BCUT2D eigenvalue weighted by molar-refractivity contribution is 0.286. The Bertz CT molecular complexity index is 1160. The van der Waals surface area contributed by atoms with E-state index >= 15 is 0 Å². The zero-order valence-electron chi connectivity index (χ0n) is 16.7. The number of fused-ring (bicyclic) bond motifs is 1. The lowest BCUT2D eigenvalue weighted by Gasteiger charge is -2.11. The van der Waals surface area contributed by atoms with Gasteiger partial charge in [0.15, 0.2) is 11.4 Å². The van der Waals surface area contributed by atoms with E-state index in [1.165, 1.54) is 0 Å². The van der Waals surface area contributed by atoms with Crippen molar-refractivity contribution in [1.29, 1.82) is 0 Å². The summed E-state index contributed by atoms with van der Waals surface area (Å²) in [5.41, 5.74) is 3.29. The Balaban J connectivity index is 1.33. The summed E-state index contributed by atoms with van der Waals surface area (Å²) in [7, 11) is 0. The molecule has 4 rings (SSSR count). The second kappa shape index (κ2) is 9.04. The minimum atomic E-state index is 0.231. The quantitative estimate of drug-likeness (QED) is 0.330. The highest BCUT2D eigenvalue weighted by Crippen LogP contribution is 2.23. The molecule has 0 spiro atoms. The molecule has 4 aromatic heterocycles. The Morgan fingerprint density at radius 3 is 2.87 bits per heavy atom. The summed E-state index contributed by atoms with van der Waals surface area (Å²) in [6.07, 6.45) is 3.28. The zero-order valence-corrected chi connectivity index (χ0v) is 17.5. The molecule has 9 heteroatoms. The summed E-state index contributed by atoms with van der Waals surface area (Å²) in [4.78, 5) is 17.5. The number of aryl methyl sites for hydroxylation is 2. The van der Waals surface area contributed by atoms with Crippen LogP contribution in [0.15, 0.2) is 41.1 Å². The Kier molecular flexibility index (Phi) is 6.04. The van der Waals surface area contributed by atoms with Crippen LogP contribution in [0.2, 0.25) is 5.15 Å².